The lowest BCUT2D eigenvalue weighted by Gasteiger charge is -2.29. The van der Waals surface area contributed by atoms with E-state index in [-0.39, 0.29) is 23.2 Å². The van der Waals surface area contributed by atoms with Crippen LogP contribution < -0.4 is 21.1 Å². The number of nitrogens with zero attached hydrogens (tertiary/aromatic N) is 5. The fourth-order valence-corrected chi connectivity index (χ4v) is 5.47. The zero-order valence-corrected chi connectivity index (χ0v) is 23.5. The number of hydrogen-bond acceptors (Lipinski definition) is 8. The van der Waals surface area contributed by atoms with Gasteiger partial charge in [-0.3, -0.25) is 9.52 Å². The zero-order chi connectivity index (χ0) is 27.6. The summed E-state index contributed by atoms with van der Waals surface area (Å²) in [5.41, 5.74) is 14.5. The Kier molecular flexibility index (Phi) is 8.46. The van der Waals surface area contributed by atoms with Gasteiger partial charge in [-0.25, -0.2) is 17.9 Å². The maximum Gasteiger partial charge on any atom is 0.256 e. The summed E-state index contributed by atoms with van der Waals surface area (Å²) in [6.07, 6.45) is 5.30. The smallest absolute Gasteiger partial charge is 0.256 e. The number of fused-ring (bicyclic) bond motifs is 1. The number of rotatable bonds is 10. The number of aromatic nitrogens is 3. The summed E-state index contributed by atoms with van der Waals surface area (Å²) in [6, 6.07) is 6.07. The first-order chi connectivity index (χ1) is 18.0. The first kappa shape index (κ1) is 28.1. The topological polar surface area (TPSA) is 152 Å². The lowest BCUT2D eigenvalue weighted by molar-refractivity contribution is 0.0684. The van der Waals surface area contributed by atoms with Gasteiger partial charge in [-0.2, -0.15) is 5.10 Å². The molecule has 1 aliphatic rings. The molecule has 3 heterocycles. The highest BCUT2D eigenvalue weighted by atomic mass is 35.5. The van der Waals surface area contributed by atoms with E-state index in [1.165, 1.54) is 18.2 Å². The molecule has 4 rings (SSSR count). The minimum absolute atomic E-state index is 0.134. The lowest BCUT2D eigenvalue weighted by Crippen LogP contribution is -2.35. The second kappa shape index (κ2) is 11.4. The molecule has 0 radical (unpaired) electrons. The van der Waals surface area contributed by atoms with Gasteiger partial charge in [0.25, 0.3) is 5.91 Å². The number of benzene rings is 1. The molecule has 0 unspecified atom stereocenters. The van der Waals surface area contributed by atoms with Crippen molar-refractivity contribution < 1.29 is 13.2 Å². The summed E-state index contributed by atoms with van der Waals surface area (Å²) >= 11 is 6.21. The van der Waals surface area contributed by atoms with E-state index < -0.39 is 16.1 Å². The Morgan fingerprint density at radius 1 is 1.32 bits per heavy atom. The van der Waals surface area contributed by atoms with Crippen molar-refractivity contribution in [2.24, 2.45) is 11.5 Å². The summed E-state index contributed by atoms with van der Waals surface area (Å²) in [7, 11) is -3.62. The Hall–Kier alpha value is -2.93. The molecule has 2 atom stereocenters. The maximum absolute atomic E-state index is 13.9. The van der Waals surface area contributed by atoms with Crippen LogP contribution in [0.4, 0.5) is 11.5 Å². The van der Waals surface area contributed by atoms with E-state index in [1.54, 1.807) is 9.42 Å². The molecule has 206 valence electrons. The molecule has 13 heteroatoms. The quantitative estimate of drug-likeness (QED) is 0.319. The van der Waals surface area contributed by atoms with Crippen LogP contribution in [0.25, 0.3) is 5.65 Å². The van der Waals surface area contributed by atoms with Gasteiger partial charge in [-0.15, -0.1) is 0 Å². The molecule has 1 saturated heterocycles. The normalized spacial score (nSPS) is 16.7. The van der Waals surface area contributed by atoms with Crippen molar-refractivity contribution in [3.8, 4) is 0 Å². The Morgan fingerprint density at radius 2 is 2.08 bits per heavy atom. The monoisotopic (exact) mass is 562 g/mol. The van der Waals surface area contributed by atoms with Crippen LogP contribution in [0.1, 0.15) is 53.8 Å². The van der Waals surface area contributed by atoms with E-state index >= 15 is 0 Å². The van der Waals surface area contributed by atoms with Gasteiger partial charge in [0.2, 0.25) is 10.0 Å². The summed E-state index contributed by atoms with van der Waals surface area (Å²) in [4.78, 5) is 22.6. The molecule has 0 aliphatic carbocycles. The van der Waals surface area contributed by atoms with Gasteiger partial charge in [0.1, 0.15) is 5.82 Å². The van der Waals surface area contributed by atoms with Crippen molar-refractivity contribution in [1.29, 1.82) is 0 Å². The van der Waals surface area contributed by atoms with Gasteiger partial charge in [0.15, 0.2) is 5.65 Å². The molecule has 38 heavy (non-hydrogen) atoms. The number of anilines is 2. The highest BCUT2D eigenvalue weighted by molar-refractivity contribution is 7.92. The minimum Gasteiger partial charge on any atom is -0.355 e. The van der Waals surface area contributed by atoms with Crippen molar-refractivity contribution in [2.75, 3.05) is 42.1 Å². The van der Waals surface area contributed by atoms with Crippen molar-refractivity contribution in [2.45, 2.75) is 45.2 Å². The second-order valence-corrected chi connectivity index (χ2v) is 12.0. The number of hydrogen-bond donors (Lipinski definition) is 3. The number of carbonyl (C=O) groups is 1. The number of carbonyl (C=O) groups excluding carboxylic acids is 1. The predicted octanol–water partition coefficient (Wildman–Crippen LogP) is 2.54. The fraction of sp³-hybridized carbons (Fsp3) is 0.480. The number of unbranched alkanes of at least 4 members (excludes halogenated alkanes) is 1. The average molecular weight is 563 g/mol. The van der Waals surface area contributed by atoms with Gasteiger partial charge < -0.3 is 21.3 Å². The van der Waals surface area contributed by atoms with E-state index in [2.05, 4.69) is 9.62 Å². The number of nitrogens with one attached hydrogen (secondary N) is 1. The number of amides is 1. The van der Waals surface area contributed by atoms with Crippen LogP contribution in [0.2, 0.25) is 5.02 Å². The molecule has 1 amide bonds. The lowest BCUT2D eigenvalue weighted by atomic mass is 10.1. The number of aryl methyl sites for hydroxylation is 1. The Labute approximate surface area is 228 Å². The molecule has 1 aliphatic heterocycles. The zero-order valence-electron chi connectivity index (χ0n) is 21.9. The van der Waals surface area contributed by atoms with E-state index in [0.717, 1.165) is 43.6 Å². The van der Waals surface area contributed by atoms with Crippen LogP contribution in [-0.4, -0.2) is 72.3 Å². The number of sulfonamides is 1. The van der Waals surface area contributed by atoms with Gasteiger partial charge in [0, 0.05) is 48.5 Å². The Balaban J connectivity index is 1.69. The van der Waals surface area contributed by atoms with E-state index in [1.807, 2.05) is 26.1 Å². The molecule has 3 aromatic rings. The van der Waals surface area contributed by atoms with E-state index in [9.17, 15) is 13.2 Å². The molecule has 5 N–H and O–H groups in total. The second-order valence-electron chi connectivity index (χ2n) is 9.85. The average Bonchev–Trinajstić information content (AvgIpc) is 3.46. The largest absolute Gasteiger partial charge is 0.355 e. The molecule has 0 saturated carbocycles. The van der Waals surface area contributed by atoms with Crippen LogP contribution in [0.3, 0.4) is 0 Å². The number of nitrogens with two attached hydrogens (primary N) is 2. The maximum atomic E-state index is 13.9. The minimum atomic E-state index is -3.62. The first-order valence-corrected chi connectivity index (χ1v) is 14.9. The Bertz CT molecular complexity index is 1430. The van der Waals surface area contributed by atoms with E-state index in [0.29, 0.717) is 35.9 Å². The third kappa shape index (κ3) is 6.37. The SMILES string of the molecule is Cc1cn2nc([C@H](C)N(CCCCN)C(=O)c3cc(Cl)ccc3NS(C)(=O)=O)cc2nc1N1CC[C@H](N)C1. The molecule has 0 spiro atoms. The molecule has 1 aromatic carbocycles. The summed E-state index contributed by atoms with van der Waals surface area (Å²) < 4.78 is 28.0. The van der Waals surface area contributed by atoms with E-state index in [4.69, 9.17) is 33.2 Å². The Morgan fingerprint density at radius 3 is 2.74 bits per heavy atom. The third-order valence-electron chi connectivity index (χ3n) is 6.67. The number of halogens is 1. The summed E-state index contributed by atoms with van der Waals surface area (Å²) in [6.45, 7) is 6.40. The van der Waals surface area contributed by atoms with Crippen molar-refractivity contribution in [3.63, 3.8) is 0 Å². The standard InChI is InChI=1S/C25H35ClN8O3S/c1-16-14-34-23(29-24(16)32-11-8-19(28)15-32)13-22(30-34)17(2)33(10-5-4-9-27)25(35)20-12-18(26)6-7-21(20)31-38(3,36)37/h6-7,12-14,17,19,31H,4-5,8-11,15,27-28H2,1-3H3/t17-,19-/m0/s1. The molecule has 0 bridgehead atoms. The van der Waals surface area contributed by atoms with Gasteiger partial charge in [-0.05, 0) is 57.9 Å². The van der Waals surface area contributed by atoms with Gasteiger partial charge >= 0.3 is 0 Å². The highest BCUT2D eigenvalue weighted by Crippen LogP contribution is 2.29. The summed E-state index contributed by atoms with van der Waals surface area (Å²) in [5.74, 6) is 0.520. The fourth-order valence-electron chi connectivity index (χ4n) is 4.72. The highest BCUT2D eigenvalue weighted by Gasteiger charge is 2.28. The molecular formula is C25H35ClN8O3S. The molecule has 1 fully saturated rings. The van der Waals surface area contributed by atoms with Crippen LogP contribution in [-0.2, 0) is 10.0 Å². The van der Waals surface area contributed by atoms with Crippen LogP contribution in [0, 0.1) is 6.92 Å². The van der Waals surface area contributed by atoms with Crippen LogP contribution >= 0.6 is 11.6 Å². The van der Waals surface area contributed by atoms with Gasteiger partial charge in [0.05, 0.1) is 29.2 Å². The molecular weight excluding hydrogens is 528 g/mol. The van der Waals surface area contributed by atoms with Crippen molar-refractivity contribution in [3.05, 3.63) is 52.3 Å². The molecule has 2 aromatic heterocycles. The molecule has 11 nitrogen and oxygen atoms in total. The summed E-state index contributed by atoms with van der Waals surface area (Å²) in [5, 5.41) is 5.06. The third-order valence-corrected chi connectivity index (χ3v) is 7.49. The van der Waals surface area contributed by atoms with Gasteiger partial charge in [-0.1, -0.05) is 11.6 Å². The van der Waals surface area contributed by atoms with Crippen molar-refractivity contribution >= 4 is 44.7 Å². The van der Waals surface area contributed by atoms with Crippen LogP contribution in [0.15, 0.2) is 30.5 Å². The van der Waals surface area contributed by atoms with Crippen LogP contribution in [0.5, 0.6) is 0 Å². The van der Waals surface area contributed by atoms with Crippen molar-refractivity contribution in [1.82, 2.24) is 19.5 Å². The first-order valence-electron chi connectivity index (χ1n) is 12.6. The predicted molar refractivity (Wildman–Crippen MR) is 150 cm³/mol.